The van der Waals surface area contributed by atoms with Crippen molar-refractivity contribution in [1.82, 2.24) is 10.2 Å². The van der Waals surface area contributed by atoms with Crippen LogP contribution in [0.3, 0.4) is 0 Å². The fourth-order valence-electron chi connectivity index (χ4n) is 3.68. The lowest BCUT2D eigenvalue weighted by molar-refractivity contribution is -0.139. The summed E-state index contributed by atoms with van der Waals surface area (Å²) in [5.74, 6) is 0.488. The highest BCUT2D eigenvalue weighted by molar-refractivity contribution is 7.99. The van der Waals surface area contributed by atoms with Crippen LogP contribution in [0, 0.1) is 0 Å². The quantitative estimate of drug-likeness (QED) is 0.257. The summed E-state index contributed by atoms with van der Waals surface area (Å²) >= 11 is 19.8. The highest BCUT2D eigenvalue weighted by Gasteiger charge is 2.30. The van der Waals surface area contributed by atoms with Gasteiger partial charge in [0.25, 0.3) is 0 Å². The van der Waals surface area contributed by atoms with E-state index in [0.29, 0.717) is 40.3 Å². The average molecular weight is 564 g/mol. The Kier molecular flexibility index (Phi) is 11.5. The summed E-state index contributed by atoms with van der Waals surface area (Å²) in [7, 11) is 0. The zero-order valence-electron chi connectivity index (χ0n) is 20.1. The van der Waals surface area contributed by atoms with Gasteiger partial charge in [0.1, 0.15) is 6.04 Å². The van der Waals surface area contributed by atoms with Gasteiger partial charge in [0.2, 0.25) is 11.8 Å². The van der Waals surface area contributed by atoms with Crippen LogP contribution in [0.4, 0.5) is 0 Å². The van der Waals surface area contributed by atoms with E-state index in [1.807, 2.05) is 55.5 Å². The maximum atomic E-state index is 13.6. The van der Waals surface area contributed by atoms with Crippen LogP contribution in [0.25, 0.3) is 0 Å². The van der Waals surface area contributed by atoms with Crippen LogP contribution >= 0.6 is 46.6 Å². The molecule has 0 saturated heterocycles. The van der Waals surface area contributed by atoms with E-state index in [2.05, 4.69) is 5.32 Å². The third-order valence-corrected chi connectivity index (χ3v) is 7.39. The van der Waals surface area contributed by atoms with E-state index >= 15 is 0 Å². The molecule has 0 heterocycles. The first-order valence-corrected chi connectivity index (χ1v) is 14.0. The van der Waals surface area contributed by atoms with Crippen LogP contribution in [0.2, 0.25) is 15.1 Å². The molecular formula is C28H29Cl3N2O2S. The molecule has 0 saturated carbocycles. The third-order valence-electron chi connectivity index (χ3n) is 5.58. The molecule has 1 atom stereocenters. The lowest BCUT2D eigenvalue weighted by atomic mass is 10.0. The second kappa shape index (κ2) is 14.5. The van der Waals surface area contributed by atoms with E-state index in [1.165, 1.54) is 11.8 Å². The minimum absolute atomic E-state index is 0.118. The molecule has 0 aliphatic heterocycles. The van der Waals surface area contributed by atoms with Crippen molar-refractivity contribution in [2.45, 2.75) is 38.1 Å². The van der Waals surface area contributed by atoms with Gasteiger partial charge in [-0.1, -0.05) is 90.3 Å². The predicted molar refractivity (Wildman–Crippen MR) is 152 cm³/mol. The summed E-state index contributed by atoms with van der Waals surface area (Å²) in [6.07, 6.45) is 1.23. The second-order valence-electron chi connectivity index (χ2n) is 8.37. The average Bonchev–Trinajstić information content (AvgIpc) is 2.87. The highest BCUT2D eigenvalue weighted by Crippen LogP contribution is 2.25. The molecule has 1 unspecified atom stereocenters. The molecule has 0 bridgehead atoms. The van der Waals surface area contributed by atoms with E-state index in [-0.39, 0.29) is 17.6 Å². The first kappa shape index (κ1) is 28.4. The summed E-state index contributed by atoms with van der Waals surface area (Å²) < 4.78 is 0. The van der Waals surface area contributed by atoms with Crippen LogP contribution in [0.5, 0.6) is 0 Å². The summed E-state index contributed by atoms with van der Waals surface area (Å²) in [5.41, 5.74) is 2.80. The van der Waals surface area contributed by atoms with E-state index in [4.69, 9.17) is 34.8 Å². The normalized spacial score (nSPS) is 11.7. The molecule has 0 aromatic heterocycles. The number of hydrogen-bond acceptors (Lipinski definition) is 3. The van der Waals surface area contributed by atoms with Gasteiger partial charge in [-0.05, 0) is 47.4 Å². The molecule has 3 aromatic rings. The van der Waals surface area contributed by atoms with Crippen molar-refractivity contribution in [3.63, 3.8) is 0 Å². The van der Waals surface area contributed by atoms with E-state index in [9.17, 15) is 9.59 Å². The molecule has 3 aromatic carbocycles. The van der Waals surface area contributed by atoms with Crippen LogP contribution in [-0.4, -0.2) is 35.1 Å². The molecule has 8 heteroatoms. The van der Waals surface area contributed by atoms with Gasteiger partial charge in [-0.15, -0.1) is 11.8 Å². The van der Waals surface area contributed by atoms with Gasteiger partial charge >= 0.3 is 0 Å². The standard InChI is InChI=1S/C28H29Cl3N2O2S/c1-2-14-32-28(35)26(15-20-6-4-3-5-7-20)33(17-21-8-11-23(29)12-9-21)27(34)19-36-18-22-10-13-24(30)16-25(22)31/h3-13,16,26H,2,14-15,17-19H2,1H3,(H,32,35). The molecule has 4 nitrogen and oxygen atoms in total. The monoisotopic (exact) mass is 562 g/mol. The van der Waals surface area contributed by atoms with Crippen molar-refractivity contribution < 1.29 is 9.59 Å². The minimum atomic E-state index is -0.651. The van der Waals surface area contributed by atoms with Gasteiger partial charge in [-0.2, -0.15) is 0 Å². The Balaban J connectivity index is 1.83. The number of rotatable bonds is 12. The Hall–Kier alpha value is -2.18. The molecule has 1 N–H and O–H groups in total. The number of carbonyl (C=O) groups is 2. The number of thioether (sulfide) groups is 1. The number of halogens is 3. The molecule has 2 amide bonds. The Bertz CT molecular complexity index is 1140. The zero-order valence-corrected chi connectivity index (χ0v) is 23.1. The molecule has 0 aliphatic carbocycles. The SMILES string of the molecule is CCCNC(=O)C(Cc1ccccc1)N(Cc1ccc(Cl)cc1)C(=O)CSCc1ccc(Cl)cc1Cl. The topological polar surface area (TPSA) is 49.4 Å². The molecular weight excluding hydrogens is 535 g/mol. The predicted octanol–water partition coefficient (Wildman–Crippen LogP) is 7.05. The van der Waals surface area contributed by atoms with Crippen molar-refractivity contribution in [2.75, 3.05) is 12.3 Å². The first-order valence-electron chi connectivity index (χ1n) is 11.7. The summed E-state index contributed by atoms with van der Waals surface area (Å²) in [5, 5.41) is 4.75. The van der Waals surface area contributed by atoms with E-state index in [0.717, 1.165) is 23.1 Å². The van der Waals surface area contributed by atoms with Crippen molar-refractivity contribution in [2.24, 2.45) is 0 Å². The van der Waals surface area contributed by atoms with E-state index in [1.54, 1.807) is 29.2 Å². The van der Waals surface area contributed by atoms with Crippen LogP contribution in [-0.2, 0) is 28.3 Å². The number of nitrogens with zero attached hydrogens (tertiary/aromatic N) is 1. The molecule has 0 radical (unpaired) electrons. The van der Waals surface area contributed by atoms with Gasteiger partial charge in [-0.3, -0.25) is 9.59 Å². The number of amides is 2. The van der Waals surface area contributed by atoms with Gasteiger partial charge < -0.3 is 10.2 Å². The largest absolute Gasteiger partial charge is 0.354 e. The summed E-state index contributed by atoms with van der Waals surface area (Å²) in [6, 6.07) is 21.8. The van der Waals surface area contributed by atoms with Crippen molar-refractivity contribution in [3.05, 3.63) is 105 Å². The van der Waals surface area contributed by atoms with E-state index < -0.39 is 6.04 Å². The van der Waals surface area contributed by atoms with Crippen LogP contribution in [0.15, 0.2) is 72.8 Å². The van der Waals surface area contributed by atoms with Gasteiger partial charge in [-0.25, -0.2) is 0 Å². The van der Waals surface area contributed by atoms with Gasteiger partial charge in [0.05, 0.1) is 5.75 Å². The van der Waals surface area contributed by atoms with Crippen molar-refractivity contribution in [1.29, 1.82) is 0 Å². The lowest BCUT2D eigenvalue weighted by Crippen LogP contribution is -2.51. The van der Waals surface area contributed by atoms with Crippen LogP contribution in [0.1, 0.15) is 30.0 Å². The Morgan fingerprint density at radius 1 is 0.917 bits per heavy atom. The number of benzene rings is 3. The van der Waals surface area contributed by atoms with Gasteiger partial charge in [0.15, 0.2) is 0 Å². The minimum Gasteiger partial charge on any atom is -0.354 e. The maximum Gasteiger partial charge on any atom is 0.243 e. The fraction of sp³-hybridized carbons (Fsp3) is 0.286. The smallest absolute Gasteiger partial charge is 0.243 e. The zero-order chi connectivity index (χ0) is 25.9. The first-order chi connectivity index (χ1) is 17.4. The maximum absolute atomic E-state index is 13.6. The summed E-state index contributed by atoms with van der Waals surface area (Å²) in [4.78, 5) is 28.6. The molecule has 0 aliphatic rings. The third kappa shape index (κ3) is 8.74. The van der Waals surface area contributed by atoms with Crippen molar-refractivity contribution in [3.8, 4) is 0 Å². The lowest BCUT2D eigenvalue weighted by Gasteiger charge is -2.31. The Morgan fingerprint density at radius 3 is 2.28 bits per heavy atom. The molecule has 3 rings (SSSR count). The van der Waals surface area contributed by atoms with Crippen molar-refractivity contribution >= 4 is 58.4 Å². The number of hydrogen-bond donors (Lipinski definition) is 1. The molecule has 0 spiro atoms. The molecule has 190 valence electrons. The second-order valence-corrected chi connectivity index (χ2v) is 10.6. The number of nitrogens with one attached hydrogen (secondary N) is 1. The number of carbonyl (C=O) groups excluding carboxylic acids is 2. The molecule has 0 fully saturated rings. The fourth-order valence-corrected chi connectivity index (χ4v) is 5.27. The Labute approximate surface area is 232 Å². The van der Waals surface area contributed by atoms with Crippen LogP contribution < -0.4 is 5.32 Å². The highest BCUT2D eigenvalue weighted by atomic mass is 35.5. The summed E-state index contributed by atoms with van der Waals surface area (Å²) in [6.45, 7) is 2.86. The Morgan fingerprint density at radius 2 is 1.61 bits per heavy atom. The molecule has 36 heavy (non-hydrogen) atoms. The van der Waals surface area contributed by atoms with Gasteiger partial charge in [0, 0.05) is 40.3 Å².